The third kappa shape index (κ3) is 3.31. The summed E-state index contributed by atoms with van der Waals surface area (Å²) in [5.74, 6) is 4.36. The molecule has 1 saturated heterocycles. The second kappa shape index (κ2) is 6.26. The lowest BCUT2D eigenvalue weighted by Gasteiger charge is -2.23. The smallest absolute Gasteiger partial charge is 0.143 e. The van der Waals surface area contributed by atoms with Gasteiger partial charge >= 0.3 is 0 Å². The molecule has 3 N–H and O–H groups in total. The summed E-state index contributed by atoms with van der Waals surface area (Å²) in [5, 5.41) is 0. The van der Waals surface area contributed by atoms with E-state index in [1.807, 2.05) is 6.92 Å². The standard InChI is InChI=1S/C13H17BrF2N2O/c1-7-2-5-12(19-7)11(18-17)6-8-10(15)4-3-9(14)13(8)16/h3-4,7,11-12,18H,2,5-6,17H2,1H3. The van der Waals surface area contributed by atoms with Crippen molar-refractivity contribution in [3.8, 4) is 0 Å². The van der Waals surface area contributed by atoms with Gasteiger partial charge in [-0.1, -0.05) is 0 Å². The van der Waals surface area contributed by atoms with Crippen LogP contribution >= 0.6 is 15.9 Å². The molecule has 1 aromatic rings. The van der Waals surface area contributed by atoms with E-state index in [9.17, 15) is 8.78 Å². The number of rotatable bonds is 4. The molecule has 2 rings (SSSR count). The van der Waals surface area contributed by atoms with Crippen LogP contribution in [-0.2, 0) is 11.2 Å². The highest BCUT2D eigenvalue weighted by atomic mass is 79.9. The molecule has 19 heavy (non-hydrogen) atoms. The number of benzene rings is 1. The number of ether oxygens (including phenoxy) is 1. The average Bonchev–Trinajstić information content (AvgIpc) is 2.81. The van der Waals surface area contributed by atoms with Crippen LogP contribution in [0, 0.1) is 11.6 Å². The zero-order valence-electron chi connectivity index (χ0n) is 10.6. The molecule has 3 unspecified atom stereocenters. The Kier molecular flexibility index (Phi) is 4.89. The summed E-state index contributed by atoms with van der Waals surface area (Å²) in [6, 6.07) is 2.30. The molecule has 1 aromatic carbocycles. The van der Waals surface area contributed by atoms with Crippen LogP contribution in [-0.4, -0.2) is 18.2 Å². The van der Waals surface area contributed by atoms with Crippen LogP contribution in [0.15, 0.2) is 16.6 Å². The fourth-order valence-electron chi connectivity index (χ4n) is 2.40. The third-order valence-electron chi connectivity index (χ3n) is 3.49. The summed E-state index contributed by atoms with van der Waals surface area (Å²) in [7, 11) is 0. The second-order valence-corrected chi connectivity index (χ2v) is 5.72. The maximum Gasteiger partial charge on any atom is 0.143 e. The van der Waals surface area contributed by atoms with Crippen molar-refractivity contribution in [3.63, 3.8) is 0 Å². The van der Waals surface area contributed by atoms with E-state index in [1.165, 1.54) is 12.1 Å². The Bertz CT molecular complexity index is 459. The van der Waals surface area contributed by atoms with Crippen LogP contribution in [0.2, 0.25) is 0 Å². The first-order valence-electron chi connectivity index (χ1n) is 6.27. The van der Waals surface area contributed by atoms with Gasteiger partial charge in [-0.2, -0.15) is 0 Å². The van der Waals surface area contributed by atoms with Gasteiger partial charge in [-0.3, -0.25) is 11.3 Å². The average molecular weight is 335 g/mol. The Morgan fingerprint density at radius 2 is 2.21 bits per heavy atom. The number of hydrazine groups is 1. The molecule has 0 aliphatic carbocycles. The summed E-state index contributed by atoms with van der Waals surface area (Å²) in [5.41, 5.74) is 2.64. The summed E-state index contributed by atoms with van der Waals surface area (Å²) in [4.78, 5) is 0. The van der Waals surface area contributed by atoms with Crippen LogP contribution in [0.4, 0.5) is 8.78 Å². The number of hydrogen-bond donors (Lipinski definition) is 2. The van der Waals surface area contributed by atoms with E-state index in [0.29, 0.717) is 0 Å². The van der Waals surface area contributed by atoms with Gasteiger partial charge in [0, 0.05) is 5.56 Å². The van der Waals surface area contributed by atoms with Crippen molar-refractivity contribution < 1.29 is 13.5 Å². The quantitative estimate of drug-likeness (QED) is 0.505. The fraction of sp³-hybridized carbons (Fsp3) is 0.538. The van der Waals surface area contributed by atoms with Gasteiger partial charge in [0.1, 0.15) is 11.6 Å². The van der Waals surface area contributed by atoms with Crippen molar-refractivity contribution in [2.75, 3.05) is 0 Å². The minimum atomic E-state index is -0.578. The van der Waals surface area contributed by atoms with Crippen LogP contribution in [0.25, 0.3) is 0 Å². The Balaban J connectivity index is 2.17. The first kappa shape index (κ1) is 14.8. The molecule has 1 aliphatic rings. The molecule has 0 spiro atoms. The Morgan fingerprint density at radius 3 is 2.79 bits per heavy atom. The van der Waals surface area contributed by atoms with E-state index in [0.717, 1.165) is 12.8 Å². The largest absolute Gasteiger partial charge is 0.374 e. The zero-order valence-corrected chi connectivity index (χ0v) is 12.2. The number of nitrogens with two attached hydrogens (primary N) is 1. The Hall–Kier alpha value is -0.560. The van der Waals surface area contributed by atoms with Gasteiger partial charge in [-0.15, -0.1) is 0 Å². The van der Waals surface area contributed by atoms with Crippen molar-refractivity contribution in [1.29, 1.82) is 0 Å². The molecule has 0 aromatic heterocycles. The lowest BCUT2D eigenvalue weighted by atomic mass is 9.99. The molecule has 0 radical (unpaired) electrons. The van der Waals surface area contributed by atoms with Crippen LogP contribution in [0.3, 0.4) is 0 Å². The molecular weight excluding hydrogens is 318 g/mol. The highest BCUT2D eigenvalue weighted by Gasteiger charge is 2.30. The Morgan fingerprint density at radius 1 is 1.47 bits per heavy atom. The van der Waals surface area contributed by atoms with E-state index < -0.39 is 11.6 Å². The topological polar surface area (TPSA) is 47.3 Å². The molecule has 0 saturated carbocycles. The maximum absolute atomic E-state index is 13.9. The molecule has 106 valence electrons. The molecule has 6 heteroatoms. The fourth-order valence-corrected chi connectivity index (χ4v) is 2.77. The molecule has 0 bridgehead atoms. The van der Waals surface area contributed by atoms with Gasteiger partial charge in [0.25, 0.3) is 0 Å². The molecule has 1 aliphatic heterocycles. The monoisotopic (exact) mass is 334 g/mol. The summed E-state index contributed by atoms with van der Waals surface area (Å²) < 4.78 is 33.6. The minimum Gasteiger partial charge on any atom is -0.374 e. The first-order valence-corrected chi connectivity index (χ1v) is 7.06. The zero-order chi connectivity index (χ0) is 14.0. The van der Waals surface area contributed by atoms with Crippen molar-refractivity contribution in [1.82, 2.24) is 5.43 Å². The summed E-state index contributed by atoms with van der Waals surface area (Å²) in [6.45, 7) is 1.98. The number of halogens is 3. The minimum absolute atomic E-state index is 0.0282. The van der Waals surface area contributed by atoms with Crippen LogP contribution in [0.1, 0.15) is 25.3 Å². The van der Waals surface area contributed by atoms with Gasteiger partial charge < -0.3 is 4.74 Å². The predicted molar refractivity (Wildman–Crippen MR) is 72.4 cm³/mol. The molecule has 1 fully saturated rings. The first-order chi connectivity index (χ1) is 9.02. The van der Waals surface area contributed by atoms with E-state index in [1.54, 1.807) is 0 Å². The second-order valence-electron chi connectivity index (χ2n) is 4.86. The van der Waals surface area contributed by atoms with E-state index in [2.05, 4.69) is 21.4 Å². The van der Waals surface area contributed by atoms with Gasteiger partial charge in [-0.25, -0.2) is 8.78 Å². The SMILES string of the molecule is CC1CCC(C(Cc2c(F)ccc(Br)c2F)NN)O1. The number of nitrogens with one attached hydrogen (secondary N) is 1. The van der Waals surface area contributed by atoms with Gasteiger partial charge in [0.05, 0.1) is 22.7 Å². The summed E-state index contributed by atoms with van der Waals surface area (Å²) >= 11 is 3.06. The third-order valence-corrected chi connectivity index (χ3v) is 4.10. The molecular formula is C13H17BrF2N2O. The Labute approximate surface area is 119 Å². The molecule has 0 amide bonds. The van der Waals surface area contributed by atoms with Crippen molar-refractivity contribution in [2.45, 2.75) is 44.4 Å². The van der Waals surface area contributed by atoms with Crippen molar-refractivity contribution in [3.05, 3.63) is 33.8 Å². The van der Waals surface area contributed by atoms with Gasteiger partial charge in [0.15, 0.2) is 0 Å². The summed E-state index contributed by atoms with van der Waals surface area (Å²) in [6.07, 6.45) is 1.99. The van der Waals surface area contributed by atoms with Crippen LogP contribution < -0.4 is 11.3 Å². The van der Waals surface area contributed by atoms with E-state index >= 15 is 0 Å². The maximum atomic E-state index is 13.9. The van der Waals surface area contributed by atoms with Crippen molar-refractivity contribution in [2.24, 2.45) is 5.84 Å². The van der Waals surface area contributed by atoms with Gasteiger partial charge in [0.2, 0.25) is 0 Å². The lowest BCUT2D eigenvalue weighted by Crippen LogP contribution is -2.45. The normalized spacial score (nSPS) is 24.7. The van der Waals surface area contributed by atoms with E-state index in [-0.39, 0.29) is 34.7 Å². The van der Waals surface area contributed by atoms with E-state index in [4.69, 9.17) is 10.6 Å². The highest BCUT2D eigenvalue weighted by molar-refractivity contribution is 9.10. The van der Waals surface area contributed by atoms with Gasteiger partial charge in [-0.05, 0) is 54.2 Å². The molecule has 3 nitrogen and oxygen atoms in total. The highest BCUT2D eigenvalue weighted by Crippen LogP contribution is 2.27. The lowest BCUT2D eigenvalue weighted by molar-refractivity contribution is 0.0317. The number of hydrogen-bond acceptors (Lipinski definition) is 3. The molecule has 1 heterocycles. The van der Waals surface area contributed by atoms with Crippen LogP contribution in [0.5, 0.6) is 0 Å². The molecule has 3 atom stereocenters. The van der Waals surface area contributed by atoms with Crippen molar-refractivity contribution >= 4 is 15.9 Å². The predicted octanol–water partition coefficient (Wildman–Crippen LogP) is 2.67.